The molecule has 0 spiro atoms. The molecule has 4 aromatic rings. The van der Waals surface area contributed by atoms with Crippen molar-refractivity contribution in [3.8, 4) is 0 Å². The van der Waals surface area contributed by atoms with Gasteiger partial charge in [-0.05, 0) is 50.2 Å². The van der Waals surface area contributed by atoms with Crippen LogP contribution in [0.15, 0.2) is 78.6 Å². The van der Waals surface area contributed by atoms with Crippen molar-refractivity contribution < 1.29 is 9.32 Å². The largest absolute Gasteiger partial charge is 0.360 e. The molecule has 0 radical (unpaired) electrons. The standard InChI is InChI=1S/C22H19N3O2S3/c1-14-11-17(27-25-14)13-28-20-6-4-3-5-19(20)21(26)24-16-7-9-18(10-8-16)30-22-23-15(2)12-29-22/h3-12H,13H2,1-2H3,(H,24,26). The predicted octanol–water partition coefficient (Wildman–Crippen LogP) is 6.44. The third-order valence-electron chi connectivity index (χ3n) is 4.09. The number of rotatable bonds is 7. The molecule has 0 aliphatic heterocycles. The molecular formula is C22H19N3O2S3. The van der Waals surface area contributed by atoms with E-state index in [9.17, 15) is 4.79 Å². The summed E-state index contributed by atoms with van der Waals surface area (Å²) in [6.07, 6.45) is 0. The Morgan fingerprint density at radius 3 is 2.60 bits per heavy atom. The van der Waals surface area contributed by atoms with Gasteiger partial charge in [0, 0.05) is 32.6 Å². The molecule has 8 heteroatoms. The number of hydrogen-bond donors (Lipinski definition) is 1. The Morgan fingerprint density at radius 2 is 1.90 bits per heavy atom. The smallest absolute Gasteiger partial charge is 0.256 e. The van der Waals surface area contributed by atoms with E-state index in [2.05, 4.69) is 15.5 Å². The van der Waals surface area contributed by atoms with Crippen LogP contribution < -0.4 is 5.32 Å². The molecule has 2 aromatic heterocycles. The summed E-state index contributed by atoms with van der Waals surface area (Å²) in [5.74, 6) is 1.27. The average Bonchev–Trinajstić information content (AvgIpc) is 3.35. The lowest BCUT2D eigenvalue weighted by molar-refractivity contribution is 0.102. The highest BCUT2D eigenvalue weighted by molar-refractivity contribution is 8.01. The first-order valence-corrected chi connectivity index (χ1v) is 11.9. The van der Waals surface area contributed by atoms with Crippen LogP contribution in [-0.2, 0) is 5.75 Å². The molecule has 0 bridgehead atoms. The molecule has 0 unspecified atom stereocenters. The third-order valence-corrected chi connectivity index (χ3v) is 7.25. The van der Waals surface area contributed by atoms with E-state index in [4.69, 9.17) is 4.52 Å². The third kappa shape index (κ3) is 5.33. The molecule has 0 saturated carbocycles. The number of aryl methyl sites for hydroxylation is 2. The topological polar surface area (TPSA) is 68.0 Å². The predicted molar refractivity (Wildman–Crippen MR) is 123 cm³/mol. The highest BCUT2D eigenvalue weighted by atomic mass is 32.2. The second-order valence-corrected chi connectivity index (χ2v) is 9.75. The quantitative estimate of drug-likeness (QED) is 0.325. The number of benzene rings is 2. The summed E-state index contributed by atoms with van der Waals surface area (Å²) in [5, 5.41) is 8.93. The summed E-state index contributed by atoms with van der Waals surface area (Å²) >= 11 is 4.80. The van der Waals surface area contributed by atoms with Gasteiger partial charge in [0.1, 0.15) is 5.76 Å². The Hall–Kier alpha value is -2.55. The van der Waals surface area contributed by atoms with Gasteiger partial charge < -0.3 is 9.84 Å². The van der Waals surface area contributed by atoms with Crippen molar-refractivity contribution in [2.24, 2.45) is 0 Å². The maximum atomic E-state index is 12.9. The van der Waals surface area contributed by atoms with E-state index in [0.717, 1.165) is 37.0 Å². The average molecular weight is 454 g/mol. The molecular weight excluding hydrogens is 434 g/mol. The van der Waals surface area contributed by atoms with Gasteiger partial charge in [-0.25, -0.2) is 4.98 Å². The first kappa shape index (κ1) is 20.7. The molecule has 2 aromatic carbocycles. The van der Waals surface area contributed by atoms with Crippen LogP contribution in [0.4, 0.5) is 5.69 Å². The zero-order chi connectivity index (χ0) is 20.9. The molecule has 152 valence electrons. The fourth-order valence-corrected chi connectivity index (χ4v) is 5.43. The fourth-order valence-electron chi connectivity index (χ4n) is 2.70. The number of nitrogens with one attached hydrogen (secondary N) is 1. The van der Waals surface area contributed by atoms with Gasteiger partial charge in [-0.3, -0.25) is 4.79 Å². The second kappa shape index (κ2) is 9.51. The fraction of sp³-hybridized carbons (Fsp3) is 0.136. The normalized spacial score (nSPS) is 10.9. The lowest BCUT2D eigenvalue weighted by Gasteiger charge is -2.10. The van der Waals surface area contributed by atoms with E-state index in [1.165, 1.54) is 0 Å². The van der Waals surface area contributed by atoms with E-state index in [1.54, 1.807) is 34.9 Å². The van der Waals surface area contributed by atoms with Gasteiger partial charge in [-0.15, -0.1) is 23.1 Å². The number of aromatic nitrogens is 2. The van der Waals surface area contributed by atoms with Crippen LogP contribution in [0.2, 0.25) is 0 Å². The summed E-state index contributed by atoms with van der Waals surface area (Å²) in [6.45, 7) is 3.88. The van der Waals surface area contributed by atoms with E-state index in [0.29, 0.717) is 11.3 Å². The number of amides is 1. The van der Waals surface area contributed by atoms with Crippen LogP contribution in [0, 0.1) is 13.8 Å². The van der Waals surface area contributed by atoms with Crippen molar-refractivity contribution in [3.63, 3.8) is 0 Å². The molecule has 2 heterocycles. The van der Waals surface area contributed by atoms with E-state index >= 15 is 0 Å². The minimum atomic E-state index is -0.136. The van der Waals surface area contributed by atoms with Gasteiger partial charge in [0.15, 0.2) is 4.34 Å². The summed E-state index contributed by atoms with van der Waals surface area (Å²) in [4.78, 5) is 19.3. The number of anilines is 1. The zero-order valence-electron chi connectivity index (χ0n) is 16.4. The highest BCUT2D eigenvalue weighted by Gasteiger charge is 2.13. The minimum absolute atomic E-state index is 0.136. The van der Waals surface area contributed by atoms with Crippen molar-refractivity contribution in [3.05, 3.63) is 82.7 Å². The van der Waals surface area contributed by atoms with Crippen molar-refractivity contribution >= 4 is 46.5 Å². The van der Waals surface area contributed by atoms with Crippen molar-refractivity contribution in [1.82, 2.24) is 10.1 Å². The summed E-state index contributed by atoms with van der Waals surface area (Å²) in [7, 11) is 0. The Bertz CT molecular complexity index is 1150. The Balaban J connectivity index is 1.41. The van der Waals surface area contributed by atoms with Crippen molar-refractivity contribution in [2.75, 3.05) is 5.32 Å². The maximum Gasteiger partial charge on any atom is 0.256 e. The number of carbonyl (C=O) groups excluding carboxylic acids is 1. The Labute approximate surface area is 187 Å². The summed E-state index contributed by atoms with van der Waals surface area (Å²) in [6, 6.07) is 17.3. The number of nitrogens with zero attached hydrogens (tertiary/aromatic N) is 2. The van der Waals surface area contributed by atoms with Crippen LogP contribution >= 0.6 is 34.9 Å². The zero-order valence-corrected chi connectivity index (χ0v) is 18.9. The van der Waals surface area contributed by atoms with E-state index < -0.39 is 0 Å². The lowest BCUT2D eigenvalue weighted by Crippen LogP contribution is -2.12. The first-order valence-electron chi connectivity index (χ1n) is 9.22. The molecule has 0 aliphatic carbocycles. The van der Waals surface area contributed by atoms with Crippen LogP contribution in [0.3, 0.4) is 0 Å². The second-order valence-electron chi connectivity index (χ2n) is 6.55. The van der Waals surface area contributed by atoms with Gasteiger partial charge in [-0.2, -0.15) is 0 Å². The molecule has 0 aliphatic rings. The van der Waals surface area contributed by atoms with Gasteiger partial charge in [0.25, 0.3) is 5.91 Å². The molecule has 0 fully saturated rings. The van der Waals surface area contributed by atoms with E-state index in [1.807, 2.05) is 73.8 Å². The molecule has 5 nitrogen and oxygen atoms in total. The molecule has 0 saturated heterocycles. The number of thiazole rings is 1. The minimum Gasteiger partial charge on any atom is -0.360 e. The lowest BCUT2D eigenvalue weighted by atomic mass is 10.2. The Kier molecular flexibility index (Phi) is 6.56. The van der Waals surface area contributed by atoms with Crippen LogP contribution in [-0.4, -0.2) is 16.0 Å². The van der Waals surface area contributed by atoms with Crippen molar-refractivity contribution in [1.29, 1.82) is 0 Å². The van der Waals surface area contributed by atoms with Gasteiger partial charge >= 0.3 is 0 Å². The molecule has 0 atom stereocenters. The molecule has 30 heavy (non-hydrogen) atoms. The summed E-state index contributed by atoms with van der Waals surface area (Å²) in [5.41, 5.74) is 3.27. The molecule has 1 N–H and O–H groups in total. The van der Waals surface area contributed by atoms with E-state index in [-0.39, 0.29) is 5.91 Å². The highest BCUT2D eigenvalue weighted by Crippen LogP contribution is 2.31. The first-order chi connectivity index (χ1) is 14.6. The molecule has 1 amide bonds. The SMILES string of the molecule is Cc1cc(CSc2ccccc2C(=O)Nc2ccc(Sc3nc(C)cs3)cc2)on1. The van der Waals surface area contributed by atoms with Gasteiger partial charge in [-0.1, -0.05) is 29.1 Å². The van der Waals surface area contributed by atoms with Gasteiger partial charge in [0.05, 0.1) is 17.0 Å². The molecule has 4 rings (SSSR count). The van der Waals surface area contributed by atoms with Crippen LogP contribution in [0.25, 0.3) is 0 Å². The van der Waals surface area contributed by atoms with Gasteiger partial charge in [0.2, 0.25) is 0 Å². The van der Waals surface area contributed by atoms with Crippen molar-refractivity contribution in [2.45, 2.75) is 33.7 Å². The number of carbonyl (C=O) groups is 1. The summed E-state index contributed by atoms with van der Waals surface area (Å²) < 4.78 is 6.27. The van der Waals surface area contributed by atoms with Crippen LogP contribution in [0.5, 0.6) is 0 Å². The van der Waals surface area contributed by atoms with Crippen LogP contribution in [0.1, 0.15) is 27.5 Å². The number of hydrogen-bond acceptors (Lipinski definition) is 7. The number of thioether (sulfide) groups is 1. The monoisotopic (exact) mass is 453 g/mol. The maximum absolute atomic E-state index is 12.9. The Morgan fingerprint density at radius 1 is 1.10 bits per heavy atom.